The summed E-state index contributed by atoms with van der Waals surface area (Å²) in [5, 5.41) is 9.29. The van der Waals surface area contributed by atoms with Crippen LogP contribution in [0.15, 0.2) is 18.2 Å². The number of carbonyl (C=O) groups is 1. The van der Waals surface area contributed by atoms with E-state index in [0.717, 1.165) is 21.3 Å². The first-order chi connectivity index (χ1) is 8.07. The summed E-state index contributed by atoms with van der Waals surface area (Å²) in [5.41, 5.74) is 0.913. The van der Waals surface area contributed by atoms with Crippen LogP contribution in [0.1, 0.15) is 18.9 Å². The van der Waals surface area contributed by atoms with Crippen LogP contribution in [0.3, 0.4) is 0 Å². The Kier molecular flexibility index (Phi) is 2.40. The molecule has 1 spiro atoms. The van der Waals surface area contributed by atoms with Gasteiger partial charge in [0.1, 0.15) is 5.75 Å². The first-order valence-electron chi connectivity index (χ1n) is 5.73. The van der Waals surface area contributed by atoms with Gasteiger partial charge in [0.2, 0.25) is 0 Å². The van der Waals surface area contributed by atoms with E-state index < -0.39 is 5.97 Å². The third kappa shape index (κ3) is 1.42. The summed E-state index contributed by atoms with van der Waals surface area (Å²) >= 11 is 2.26. The van der Waals surface area contributed by atoms with Gasteiger partial charge in [-0.1, -0.05) is 6.92 Å². The molecular weight excluding hydrogens is 331 g/mol. The zero-order valence-electron chi connectivity index (χ0n) is 9.44. The molecule has 4 heteroatoms. The molecule has 2 unspecified atom stereocenters. The molecule has 1 heterocycles. The molecule has 3 rings (SSSR count). The first kappa shape index (κ1) is 11.3. The van der Waals surface area contributed by atoms with Crippen molar-refractivity contribution in [2.75, 3.05) is 6.61 Å². The summed E-state index contributed by atoms with van der Waals surface area (Å²) in [6, 6.07) is 6.04. The standard InChI is InChI=1S/C13H13IO3/c1-7-11(12(15)16)13(7)4-5-17-10-3-2-8(14)6-9(10)13/h2-3,6-7,11H,4-5H2,1H3,(H,15,16)/t7?,11?,13-/m0/s1. The summed E-state index contributed by atoms with van der Waals surface area (Å²) in [6.07, 6.45) is 0.818. The van der Waals surface area contributed by atoms with Crippen LogP contribution >= 0.6 is 22.6 Å². The van der Waals surface area contributed by atoms with E-state index in [1.54, 1.807) is 0 Å². The Bertz CT molecular complexity index is 499. The largest absolute Gasteiger partial charge is 0.493 e. The first-order valence-corrected chi connectivity index (χ1v) is 6.81. The summed E-state index contributed by atoms with van der Waals surface area (Å²) in [4.78, 5) is 11.3. The van der Waals surface area contributed by atoms with E-state index in [1.165, 1.54) is 0 Å². The highest BCUT2D eigenvalue weighted by Gasteiger charge is 2.68. The van der Waals surface area contributed by atoms with Gasteiger partial charge in [-0.25, -0.2) is 0 Å². The molecule has 0 radical (unpaired) electrons. The van der Waals surface area contributed by atoms with Gasteiger partial charge in [0.05, 0.1) is 12.5 Å². The molecule has 17 heavy (non-hydrogen) atoms. The molecular formula is C13H13IO3. The number of rotatable bonds is 1. The highest BCUT2D eigenvalue weighted by atomic mass is 127. The molecule has 1 saturated carbocycles. The number of carboxylic acid groups (broad SMARTS) is 1. The smallest absolute Gasteiger partial charge is 0.307 e. The number of fused-ring (bicyclic) bond motifs is 2. The van der Waals surface area contributed by atoms with Gasteiger partial charge in [0, 0.05) is 14.5 Å². The minimum absolute atomic E-state index is 0.180. The van der Waals surface area contributed by atoms with E-state index in [0.29, 0.717) is 6.61 Å². The second-order valence-electron chi connectivity index (χ2n) is 4.88. The van der Waals surface area contributed by atoms with Crippen molar-refractivity contribution in [3.05, 3.63) is 27.3 Å². The molecule has 1 aliphatic carbocycles. The van der Waals surface area contributed by atoms with Gasteiger partial charge < -0.3 is 9.84 Å². The van der Waals surface area contributed by atoms with Crippen LogP contribution in [0.25, 0.3) is 0 Å². The zero-order valence-corrected chi connectivity index (χ0v) is 11.6. The second-order valence-corrected chi connectivity index (χ2v) is 6.13. The van der Waals surface area contributed by atoms with Crippen molar-refractivity contribution < 1.29 is 14.6 Å². The molecule has 1 aromatic carbocycles. The quantitative estimate of drug-likeness (QED) is 0.797. The highest BCUT2D eigenvalue weighted by Crippen LogP contribution is 2.65. The monoisotopic (exact) mass is 344 g/mol. The lowest BCUT2D eigenvalue weighted by Crippen LogP contribution is -2.24. The maximum Gasteiger partial charge on any atom is 0.307 e. The number of hydrogen-bond donors (Lipinski definition) is 1. The van der Waals surface area contributed by atoms with Crippen LogP contribution in [0.2, 0.25) is 0 Å². The van der Waals surface area contributed by atoms with Crippen LogP contribution in [0.5, 0.6) is 5.75 Å². The van der Waals surface area contributed by atoms with Gasteiger partial charge in [-0.3, -0.25) is 4.79 Å². The summed E-state index contributed by atoms with van der Waals surface area (Å²) in [5.74, 6) is 0.153. The molecule has 3 atom stereocenters. The van der Waals surface area contributed by atoms with Gasteiger partial charge in [0.15, 0.2) is 0 Å². The maximum absolute atomic E-state index is 11.3. The van der Waals surface area contributed by atoms with Crippen molar-refractivity contribution in [1.29, 1.82) is 0 Å². The van der Waals surface area contributed by atoms with Crippen molar-refractivity contribution in [3.8, 4) is 5.75 Å². The molecule has 1 aliphatic heterocycles. The summed E-state index contributed by atoms with van der Waals surface area (Å²) in [6.45, 7) is 2.66. The lowest BCUT2D eigenvalue weighted by molar-refractivity contribution is -0.139. The van der Waals surface area contributed by atoms with Crippen molar-refractivity contribution in [2.45, 2.75) is 18.8 Å². The molecule has 1 aromatic rings. The fourth-order valence-corrected chi connectivity index (χ4v) is 3.81. The van der Waals surface area contributed by atoms with E-state index in [9.17, 15) is 9.90 Å². The topological polar surface area (TPSA) is 46.5 Å². The molecule has 1 N–H and O–H groups in total. The molecule has 2 aliphatic rings. The summed E-state index contributed by atoms with van der Waals surface area (Å²) < 4.78 is 6.77. The molecule has 1 fully saturated rings. The number of aliphatic carboxylic acids is 1. The van der Waals surface area contributed by atoms with Crippen LogP contribution < -0.4 is 4.74 Å². The molecule has 90 valence electrons. The van der Waals surface area contributed by atoms with E-state index in [1.807, 2.05) is 19.1 Å². The van der Waals surface area contributed by atoms with Crippen molar-refractivity contribution in [2.24, 2.45) is 11.8 Å². The zero-order chi connectivity index (χ0) is 12.2. The fourth-order valence-electron chi connectivity index (χ4n) is 3.32. The number of hydrogen-bond acceptors (Lipinski definition) is 2. The van der Waals surface area contributed by atoms with Crippen molar-refractivity contribution in [3.63, 3.8) is 0 Å². The van der Waals surface area contributed by atoms with Gasteiger partial charge in [-0.2, -0.15) is 0 Å². The maximum atomic E-state index is 11.3. The fraction of sp³-hybridized carbons (Fsp3) is 0.462. The molecule has 0 bridgehead atoms. The van der Waals surface area contributed by atoms with Gasteiger partial charge >= 0.3 is 5.97 Å². The average Bonchev–Trinajstić information content (AvgIpc) is 2.86. The molecule has 0 amide bonds. The lowest BCUT2D eigenvalue weighted by atomic mass is 9.86. The number of halogens is 1. The highest BCUT2D eigenvalue weighted by molar-refractivity contribution is 14.1. The average molecular weight is 344 g/mol. The van der Waals surface area contributed by atoms with E-state index in [4.69, 9.17) is 4.74 Å². The molecule has 3 nitrogen and oxygen atoms in total. The van der Waals surface area contributed by atoms with Crippen molar-refractivity contribution >= 4 is 28.6 Å². The number of carboxylic acids is 1. The van der Waals surface area contributed by atoms with Gasteiger partial charge in [-0.05, 0) is 53.1 Å². The number of ether oxygens (including phenoxy) is 1. The van der Waals surface area contributed by atoms with Crippen molar-refractivity contribution in [1.82, 2.24) is 0 Å². The Balaban J connectivity index is 2.12. The molecule has 0 aromatic heterocycles. The van der Waals surface area contributed by atoms with Crippen LogP contribution in [-0.4, -0.2) is 17.7 Å². The second kappa shape index (κ2) is 3.60. The minimum Gasteiger partial charge on any atom is -0.493 e. The Morgan fingerprint density at radius 3 is 3.00 bits per heavy atom. The van der Waals surface area contributed by atoms with E-state index >= 15 is 0 Å². The Labute approximate surface area is 113 Å². The third-order valence-electron chi connectivity index (χ3n) is 4.24. The van der Waals surface area contributed by atoms with E-state index in [2.05, 4.69) is 28.7 Å². The van der Waals surface area contributed by atoms with Crippen LogP contribution in [-0.2, 0) is 10.2 Å². The SMILES string of the molecule is CC1C(C(=O)O)[C@@]12CCOc1ccc(I)cc12. The van der Waals surface area contributed by atoms with Gasteiger partial charge in [-0.15, -0.1) is 0 Å². The Morgan fingerprint density at radius 2 is 2.35 bits per heavy atom. The lowest BCUT2D eigenvalue weighted by Gasteiger charge is -2.27. The van der Waals surface area contributed by atoms with Crippen LogP contribution in [0.4, 0.5) is 0 Å². The van der Waals surface area contributed by atoms with E-state index in [-0.39, 0.29) is 17.3 Å². The predicted octanol–water partition coefficient (Wildman–Crippen LogP) is 2.66. The summed E-state index contributed by atoms with van der Waals surface area (Å²) in [7, 11) is 0. The Hall–Kier alpha value is -0.780. The van der Waals surface area contributed by atoms with Gasteiger partial charge in [0.25, 0.3) is 0 Å². The Morgan fingerprint density at radius 1 is 1.59 bits per heavy atom. The number of benzene rings is 1. The normalized spacial score (nSPS) is 34.0. The van der Waals surface area contributed by atoms with Crippen LogP contribution in [0, 0.1) is 15.4 Å². The third-order valence-corrected chi connectivity index (χ3v) is 4.91. The molecule has 0 saturated heterocycles. The predicted molar refractivity (Wildman–Crippen MR) is 71.2 cm³/mol. The minimum atomic E-state index is -0.677.